The number of nitrogens with one attached hydrogen (secondary N) is 1. The van der Waals surface area contributed by atoms with Crippen molar-refractivity contribution in [2.45, 2.75) is 30.3 Å². The van der Waals surface area contributed by atoms with Crippen molar-refractivity contribution >= 4 is 34.3 Å². The Balaban J connectivity index is 1.51. The van der Waals surface area contributed by atoms with Crippen molar-refractivity contribution < 1.29 is 9.53 Å². The van der Waals surface area contributed by atoms with Gasteiger partial charge in [-0.3, -0.25) is 18.6 Å². The normalized spacial score (nSPS) is 12.1. The monoisotopic (exact) mass is 463 g/mol. The van der Waals surface area contributed by atoms with E-state index in [9.17, 15) is 9.59 Å². The largest absolute Gasteiger partial charge is 0.497 e. The van der Waals surface area contributed by atoms with E-state index < -0.39 is 5.25 Å². The lowest BCUT2D eigenvalue weighted by molar-refractivity contribution is -0.120. The Hall–Kier alpha value is -3.59. The molecule has 0 aliphatic carbocycles. The van der Waals surface area contributed by atoms with Gasteiger partial charge in [0.1, 0.15) is 5.75 Å². The molecule has 4 rings (SSSR count). The summed E-state index contributed by atoms with van der Waals surface area (Å²) in [6.45, 7) is 6.41. The molecule has 1 N–H and O–H groups in total. The molecule has 0 radical (unpaired) electrons. The minimum Gasteiger partial charge on any atom is -0.497 e. The Morgan fingerprint density at radius 1 is 1.21 bits per heavy atom. The second-order valence-electron chi connectivity index (χ2n) is 7.49. The zero-order valence-electron chi connectivity index (χ0n) is 18.5. The van der Waals surface area contributed by atoms with Crippen molar-refractivity contribution in [3.63, 3.8) is 0 Å². The van der Waals surface area contributed by atoms with E-state index in [4.69, 9.17) is 4.74 Å². The molecule has 0 bridgehead atoms. The van der Waals surface area contributed by atoms with Crippen molar-refractivity contribution in [2.75, 3.05) is 13.7 Å². The highest BCUT2D eigenvalue weighted by Gasteiger charge is 2.21. The average Bonchev–Trinajstić information content (AvgIpc) is 3.25. The summed E-state index contributed by atoms with van der Waals surface area (Å²) >= 11 is 1.31. The van der Waals surface area contributed by atoms with Crippen LogP contribution in [0.5, 0.6) is 5.75 Å². The quantitative estimate of drug-likeness (QED) is 0.303. The van der Waals surface area contributed by atoms with E-state index in [0.717, 1.165) is 17.7 Å². The zero-order chi connectivity index (χ0) is 23.4. The second-order valence-corrected chi connectivity index (χ2v) is 8.80. The van der Waals surface area contributed by atoms with Crippen molar-refractivity contribution in [1.29, 1.82) is 0 Å². The molecule has 2 aromatic heterocycles. The fourth-order valence-corrected chi connectivity index (χ4v) is 4.46. The number of hydrogen-bond acceptors (Lipinski definition) is 6. The van der Waals surface area contributed by atoms with Crippen LogP contribution in [0.1, 0.15) is 12.5 Å². The van der Waals surface area contributed by atoms with Crippen LogP contribution in [0, 0.1) is 0 Å². The number of amides is 1. The van der Waals surface area contributed by atoms with Crippen molar-refractivity contribution in [3.8, 4) is 5.75 Å². The molecule has 170 valence electrons. The molecule has 0 saturated carbocycles. The molecule has 1 unspecified atom stereocenters. The van der Waals surface area contributed by atoms with Gasteiger partial charge in [-0.15, -0.1) is 16.8 Å². The predicted molar refractivity (Wildman–Crippen MR) is 130 cm³/mol. The van der Waals surface area contributed by atoms with Gasteiger partial charge in [0.15, 0.2) is 5.16 Å². The van der Waals surface area contributed by atoms with Gasteiger partial charge in [0.25, 0.3) is 5.56 Å². The maximum Gasteiger partial charge on any atom is 0.263 e. The Morgan fingerprint density at radius 2 is 1.97 bits per heavy atom. The number of carbonyl (C=O) groups excluding carboxylic acids is 1. The molecule has 33 heavy (non-hydrogen) atoms. The fourth-order valence-electron chi connectivity index (χ4n) is 3.58. The van der Waals surface area contributed by atoms with E-state index in [2.05, 4.69) is 22.1 Å². The van der Waals surface area contributed by atoms with Crippen molar-refractivity contribution in [3.05, 3.63) is 77.1 Å². The van der Waals surface area contributed by atoms with Gasteiger partial charge in [-0.25, -0.2) is 0 Å². The number of rotatable bonds is 9. The maximum absolute atomic E-state index is 12.9. The van der Waals surface area contributed by atoms with Gasteiger partial charge in [0, 0.05) is 13.1 Å². The molecule has 2 heterocycles. The van der Waals surface area contributed by atoms with Crippen LogP contribution < -0.4 is 15.6 Å². The molecule has 4 aromatic rings. The summed E-state index contributed by atoms with van der Waals surface area (Å²) in [5.41, 5.74) is 1.68. The van der Waals surface area contributed by atoms with E-state index in [1.165, 1.54) is 16.3 Å². The standard InChI is InChI=1S/C24H25N5O3S/c1-4-15-28-22(31)19-7-5-6-8-20(19)29-23(28)26-27-24(29)33-16(2)21(30)25-14-13-17-9-11-18(32-3)12-10-17/h4-12,16H,1,13-15H2,2-3H3,(H,25,30). The third kappa shape index (κ3) is 4.63. The summed E-state index contributed by atoms with van der Waals surface area (Å²) in [5, 5.41) is 12.2. The number of aromatic nitrogens is 4. The average molecular weight is 464 g/mol. The number of nitrogens with zero attached hydrogens (tertiary/aromatic N) is 4. The first-order valence-electron chi connectivity index (χ1n) is 10.6. The number of para-hydroxylation sites is 1. The van der Waals surface area contributed by atoms with Gasteiger partial charge in [-0.2, -0.15) is 0 Å². The lowest BCUT2D eigenvalue weighted by Crippen LogP contribution is -2.32. The molecular weight excluding hydrogens is 438 g/mol. The highest BCUT2D eigenvalue weighted by atomic mass is 32.2. The Morgan fingerprint density at radius 3 is 2.70 bits per heavy atom. The SMILES string of the molecule is C=CCn1c(=O)c2ccccc2n2c(SC(C)C(=O)NCCc3ccc(OC)cc3)nnc12. The maximum atomic E-state index is 12.9. The van der Waals surface area contributed by atoms with E-state index in [-0.39, 0.29) is 11.5 Å². The van der Waals surface area contributed by atoms with Crippen LogP contribution in [0.2, 0.25) is 0 Å². The van der Waals surface area contributed by atoms with Crippen LogP contribution in [0.25, 0.3) is 16.7 Å². The van der Waals surface area contributed by atoms with E-state index >= 15 is 0 Å². The first-order valence-corrected chi connectivity index (χ1v) is 11.5. The molecule has 1 amide bonds. The summed E-state index contributed by atoms with van der Waals surface area (Å²) in [6.07, 6.45) is 2.37. The number of ether oxygens (including phenoxy) is 1. The lowest BCUT2D eigenvalue weighted by atomic mass is 10.1. The van der Waals surface area contributed by atoms with Crippen LogP contribution in [0.4, 0.5) is 0 Å². The molecule has 8 nitrogen and oxygen atoms in total. The highest BCUT2D eigenvalue weighted by molar-refractivity contribution is 8.00. The Kier molecular flexibility index (Phi) is 6.79. The van der Waals surface area contributed by atoms with Gasteiger partial charge >= 0.3 is 0 Å². The summed E-state index contributed by atoms with van der Waals surface area (Å²) in [5.74, 6) is 1.14. The van der Waals surface area contributed by atoms with E-state index in [1.54, 1.807) is 19.3 Å². The summed E-state index contributed by atoms with van der Waals surface area (Å²) in [4.78, 5) is 25.6. The molecule has 2 aromatic carbocycles. The van der Waals surface area contributed by atoms with Gasteiger partial charge in [0.05, 0.1) is 23.3 Å². The third-order valence-corrected chi connectivity index (χ3v) is 6.36. The molecular formula is C24H25N5O3S. The molecule has 1 atom stereocenters. The Labute approximate surface area is 195 Å². The molecule has 0 aliphatic heterocycles. The van der Waals surface area contributed by atoms with E-state index in [1.807, 2.05) is 53.8 Å². The summed E-state index contributed by atoms with van der Waals surface area (Å²) in [6, 6.07) is 15.1. The van der Waals surface area contributed by atoms with E-state index in [0.29, 0.717) is 34.9 Å². The lowest BCUT2D eigenvalue weighted by Gasteiger charge is -2.13. The fraction of sp³-hybridized carbons (Fsp3) is 0.250. The number of fused-ring (bicyclic) bond motifs is 3. The van der Waals surface area contributed by atoms with Crippen LogP contribution in [0.3, 0.4) is 0 Å². The topological polar surface area (TPSA) is 90.5 Å². The molecule has 9 heteroatoms. The number of allylic oxidation sites excluding steroid dienone is 1. The summed E-state index contributed by atoms with van der Waals surface area (Å²) < 4.78 is 8.53. The van der Waals surface area contributed by atoms with Crippen LogP contribution >= 0.6 is 11.8 Å². The van der Waals surface area contributed by atoms with Crippen LogP contribution in [-0.4, -0.2) is 44.0 Å². The Bertz CT molecular complexity index is 1360. The number of hydrogen-bond donors (Lipinski definition) is 1. The van der Waals surface area contributed by atoms with Gasteiger partial charge in [0.2, 0.25) is 11.7 Å². The van der Waals surface area contributed by atoms with Crippen LogP contribution in [-0.2, 0) is 17.8 Å². The number of carbonyl (C=O) groups is 1. The van der Waals surface area contributed by atoms with Gasteiger partial charge in [-0.05, 0) is 43.2 Å². The van der Waals surface area contributed by atoms with Crippen LogP contribution in [0.15, 0.2) is 71.1 Å². The first kappa shape index (κ1) is 22.6. The second kappa shape index (κ2) is 9.91. The molecule has 0 spiro atoms. The number of methoxy groups -OCH3 is 1. The molecule has 0 fully saturated rings. The summed E-state index contributed by atoms with van der Waals surface area (Å²) in [7, 11) is 1.63. The van der Waals surface area contributed by atoms with Gasteiger partial charge < -0.3 is 10.1 Å². The predicted octanol–water partition coefficient (Wildman–Crippen LogP) is 3.08. The smallest absolute Gasteiger partial charge is 0.263 e. The molecule has 0 saturated heterocycles. The molecule has 0 aliphatic rings. The first-order chi connectivity index (χ1) is 16.0. The number of thioether (sulfide) groups is 1. The number of benzene rings is 2. The highest BCUT2D eigenvalue weighted by Crippen LogP contribution is 2.25. The third-order valence-electron chi connectivity index (χ3n) is 5.31. The van der Waals surface area contributed by atoms with Crippen molar-refractivity contribution in [1.82, 2.24) is 24.5 Å². The minimum absolute atomic E-state index is 0.0889. The minimum atomic E-state index is -0.396. The van der Waals surface area contributed by atoms with Gasteiger partial charge in [-0.1, -0.05) is 42.1 Å². The van der Waals surface area contributed by atoms with Crippen molar-refractivity contribution in [2.24, 2.45) is 0 Å². The zero-order valence-corrected chi connectivity index (χ0v) is 19.3.